The number of thioether (sulfide) groups is 1. The van der Waals surface area contributed by atoms with E-state index in [1.807, 2.05) is 24.0 Å². The molecule has 1 aliphatic rings. The molecule has 0 aromatic carbocycles. The van der Waals surface area contributed by atoms with Gasteiger partial charge in [-0.2, -0.15) is 11.8 Å². The summed E-state index contributed by atoms with van der Waals surface area (Å²) in [5.41, 5.74) is 7.71. The van der Waals surface area contributed by atoms with Crippen LogP contribution in [0.3, 0.4) is 0 Å². The SMILES string of the molecule is CCc1cc(CN)cc(N2CCSCC2S(=O)(=O)CC)n1. The summed E-state index contributed by atoms with van der Waals surface area (Å²) in [6.07, 6.45) is 0.814. The van der Waals surface area contributed by atoms with Crippen LogP contribution in [-0.4, -0.2) is 42.6 Å². The number of anilines is 1. The molecule has 2 N–H and O–H groups in total. The molecule has 1 aromatic heterocycles. The van der Waals surface area contributed by atoms with Crippen LogP contribution in [-0.2, 0) is 22.8 Å². The minimum Gasteiger partial charge on any atom is -0.338 e. The number of pyridine rings is 1. The third kappa shape index (κ3) is 3.70. The number of aryl methyl sites for hydroxylation is 1. The van der Waals surface area contributed by atoms with Gasteiger partial charge in [0.25, 0.3) is 0 Å². The maximum Gasteiger partial charge on any atom is 0.171 e. The minimum atomic E-state index is -3.12. The Balaban J connectivity index is 2.42. The maximum atomic E-state index is 12.3. The van der Waals surface area contributed by atoms with Gasteiger partial charge in [0.05, 0.1) is 0 Å². The van der Waals surface area contributed by atoms with Gasteiger partial charge in [-0.25, -0.2) is 13.4 Å². The van der Waals surface area contributed by atoms with Gasteiger partial charge in [-0.15, -0.1) is 0 Å². The Hall–Kier alpha value is -0.790. The Bertz CT molecular complexity index is 568. The third-order valence-corrected chi connectivity index (χ3v) is 7.01. The highest BCUT2D eigenvalue weighted by molar-refractivity contribution is 8.01. The molecule has 1 atom stereocenters. The molecule has 1 saturated heterocycles. The van der Waals surface area contributed by atoms with E-state index >= 15 is 0 Å². The van der Waals surface area contributed by atoms with Crippen molar-refractivity contribution in [2.75, 3.05) is 28.7 Å². The highest BCUT2D eigenvalue weighted by atomic mass is 32.2. The lowest BCUT2D eigenvalue weighted by Crippen LogP contribution is -2.48. The standard InChI is InChI=1S/C14H23N3O2S2/c1-3-12-7-11(9-15)8-13(16-12)17-5-6-20-10-14(17)21(18,19)4-2/h7-8,14H,3-6,9-10,15H2,1-2H3. The van der Waals surface area contributed by atoms with Crippen molar-refractivity contribution in [1.82, 2.24) is 4.98 Å². The van der Waals surface area contributed by atoms with Gasteiger partial charge >= 0.3 is 0 Å². The second kappa shape index (κ2) is 6.98. The van der Waals surface area contributed by atoms with E-state index in [1.165, 1.54) is 0 Å². The summed E-state index contributed by atoms with van der Waals surface area (Å²) in [5.74, 6) is 2.43. The number of nitrogens with two attached hydrogens (primary N) is 1. The van der Waals surface area contributed by atoms with E-state index < -0.39 is 15.2 Å². The van der Waals surface area contributed by atoms with Crippen molar-refractivity contribution in [3.05, 3.63) is 23.4 Å². The van der Waals surface area contributed by atoms with Gasteiger partial charge in [-0.1, -0.05) is 13.8 Å². The van der Waals surface area contributed by atoms with Crippen molar-refractivity contribution in [2.24, 2.45) is 5.73 Å². The summed E-state index contributed by atoms with van der Waals surface area (Å²) in [6, 6.07) is 3.92. The molecule has 5 nitrogen and oxygen atoms in total. The summed E-state index contributed by atoms with van der Waals surface area (Å²) in [4.78, 5) is 6.56. The van der Waals surface area contributed by atoms with Crippen LogP contribution in [0, 0.1) is 0 Å². The van der Waals surface area contributed by atoms with E-state index in [2.05, 4.69) is 4.98 Å². The zero-order chi connectivity index (χ0) is 15.5. The fourth-order valence-electron chi connectivity index (χ4n) is 2.41. The van der Waals surface area contributed by atoms with Crippen molar-refractivity contribution < 1.29 is 8.42 Å². The van der Waals surface area contributed by atoms with Crippen LogP contribution in [0.15, 0.2) is 12.1 Å². The molecule has 0 aliphatic carbocycles. The first-order valence-electron chi connectivity index (χ1n) is 7.27. The lowest BCUT2D eigenvalue weighted by Gasteiger charge is -2.36. The Morgan fingerprint density at radius 1 is 1.43 bits per heavy atom. The average Bonchev–Trinajstić information content (AvgIpc) is 2.54. The quantitative estimate of drug-likeness (QED) is 0.880. The molecule has 0 bridgehead atoms. The normalized spacial score (nSPS) is 19.8. The summed E-state index contributed by atoms with van der Waals surface area (Å²) in [7, 11) is -3.12. The molecule has 0 amide bonds. The Labute approximate surface area is 131 Å². The van der Waals surface area contributed by atoms with Gasteiger partial charge in [0, 0.05) is 36.0 Å². The van der Waals surface area contributed by atoms with E-state index in [4.69, 9.17) is 5.73 Å². The van der Waals surface area contributed by atoms with Crippen LogP contribution in [0.25, 0.3) is 0 Å². The second-order valence-corrected chi connectivity index (χ2v) is 8.65. The molecule has 0 spiro atoms. The molecule has 118 valence electrons. The highest BCUT2D eigenvalue weighted by Crippen LogP contribution is 2.27. The second-order valence-electron chi connectivity index (χ2n) is 5.06. The Morgan fingerprint density at radius 3 is 2.81 bits per heavy atom. The molecule has 1 aliphatic heterocycles. The molecule has 2 heterocycles. The van der Waals surface area contributed by atoms with E-state index in [9.17, 15) is 8.42 Å². The smallest absolute Gasteiger partial charge is 0.171 e. The monoisotopic (exact) mass is 329 g/mol. The lowest BCUT2D eigenvalue weighted by atomic mass is 10.2. The van der Waals surface area contributed by atoms with E-state index in [1.54, 1.807) is 18.7 Å². The topological polar surface area (TPSA) is 76.3 Å². The summed E-state index contributed by atoms with van der Waals surface area (Å²) < 4.78 is 24.7. The van der Waals surface area contributed by atoms with E-state index in [0.29, 0.717) is 18.8 Å². The van der Waals surface area contributed by atoms with Crippen molar-refractivity contribution in [3.63, 3.8) is 0 Å². The minimum absolute atomic E-state index is 0.159. The molecule has 7 heteroatoms. The molecule has 1 aromatic rings. The number of aromatic nitrogens is 1. The van der Waals surface area contributed by atoms with Gasteiger partial charge in [-0.3, -0.25) is 0 Å². The molecule has 1 fully saturated rings. The maximum absolute atomic E-state index is 12.3. The van der Waals surface area contributed by atoms with Crippen LogP contribution in [0.2, 0.25) is 0 Å². The number of sulfone groups is 1. The Morgan fingerprint density at radius 2 is 2.19 bits per heavy atom. The predicted molar refractivity (Wildman–Crippen MR) is 89.4 cm³/mol. The summed E-state index contributed by atoms with van der Waals surface area (Å²) >= 11 is 1.69. The molecular formula is C14H23N3O2S2. The number of hydrogen-bond acceptors (Lipinski definition) is 6. The fourth-order valence-corrected chi connectivity index (χ4v) is 5.39. The van der Waals surface area contributed by atoms with Crippen molar-refractivity contribution in [1.29, 1.82) is 0 Å². The predicted octanol–water partition coefficient (Wildman–Crippen LogP) is 1.42. The molecule has 0 saturated carbocycles. The number of hydrogen-bond donors (Lipinski definition) is 1. The van der Waals surface area contributed by atoms with E-state index in [-0.39, 0.29) is 5.75 Å². The molecular weight excluding hydrogens is 306 g/mol. The van der Waals surface area contributed by atoms with Gasteiger partial charge in [-0.05, 0) is 24.1 Å². The van der Waals surface area contributed by atoms with Crippen LogP contribution in [0.4, 0.5) is 5.82 Å². The van der Waals surface area contributed by atoms with Crippen LogP contribution in [0.1, 0.15) is 25.1 Å². The van der Waals surface area contributed by atoms with Gasteiger partial charge in [0.15, 0.2) is 9.84 Å². The average molecular weight is 329 g/mol. The van der Waals surface area contributed by atoms with Crippen LogP contribution < -0.4 is 10.6 Å². The van der Waals surface area contributed by atoms with Crippen molar-refractivity contribution >= 4 is 27.4 Å². The third-order valence-electron chi connectivity index (χ3n) is 3.72. The molecule has 2 rings (SSSR count). The van der Waals surface area contributed by atoms with Crippen molar-refractivity contribution in [3.8, 4) is 0 Å². The first-order chi connectivity index (χ1) is 10.0. The zero-order valence-corrected chi connectivity index (χ0v) is 14.2. The first-order valence-corrected chi connectivity index (χ1v) is 10.1. The molecule has 0 radical (unpaired) electrons. The fraction of sp³-hybridized carbons (Fsp3) is 0.643. The zero-order valence-electron chi connectivity index (χ0n) is 12.6. The van der Waals surface area contributed by atoms with Gasteiger partial charge in [0.1, 0.15) is 11.2 Å². The first kappa shape index (κ1) is 16.6. The van der Waals surface area contributed by atoms with Gasteiger partial charge in [0.2, 0.25) is 0 Å². The number of rotatable bonds is 5. The lowest BCUT2D eigenvalue weighted by molar-refractivity contribution is 0.578. The van der Waals surface area contributed by atoms with Crippen molar-refractivity contribution in [2.45, 2.75) is 32.2 Å². The van der Waals surface area contributed by atoms with Crippen LogP contribution in [0.5, 0.6) is 0 Å². The Kier molecular flexibility index (Phi) is 5.51. The van der Waals surface area contributed by atoms with Crippen LogP contribution >= 0.6 is 11.8 Å². The highest BCUT2D eigenvalue weighted by Gasteiger charge is 2.33. The molecule has 21 heavy (non-hydrogen) atoms. The summed E-state index contributed by atoms with van der Waals surface area (Å²) in [5, 5.41) is -0.480. The molecule has 1 unspecified atom stereocenters. The summed E-state index contributed by atoms with van der Waals surface area (Å²) in [6.45, 7) is 4.89. The van der Waals surface area contributed by atoms with E-state index in [0.717, 1.165) is 29.2 Å². The number of nitrogens with zero attached hydrogens (tertiary/aromatic N) is 2. The largest absolute Gasteiger partial charge is 0.338 e. The van der Waals surface area contributed by atoms with Gasteiger partial charge < -0.3 is 10.6 Å².